The molecule has 4 rings (SSSR count). The summed E-state index contributed by atoms with van der Waals surface area (Å²) in [5.74, 6) is -1.19. The Bertz CT molecular complexity index is 1160. The minimum Gasteiger partial charge on any atom is -0.481 e. The highest BCUT2D eigenvalue weighted by atomic mass is 16.4. The van der Waals surface area contributed by atoms with E-state index in [0.29, 0.717) is 55.1 Å². The van der Waals surface area contributed by atoms with E-state index in [0.717, 1.165) is 11.4 Å². The van der Waals surface area contributed by atoms with Gasteiger partial charge in [0.1, 0.15) is 11.3 Å². The van der Waals surface area contributed by atoms with Crippen molar-refractivity contribution in [3.63, 3.8) is 0 Å². The summed E-state index contributed by atoms with van der Waals surface area (Å²) in [6, 6.07) is 7.18. The van der Waals surface area contributed by atoms with E-state index in [1.165, 1.54) is 0 Å². The zero-order chi connectivity index (χ0) is 22.9. The summed E-state index contributed by atoms with van der Waals surface area (Å²) in [4.78, 5) is 34.8. The standard InChI is InChI=1S/C23H27N5O4/c1-15-4-3-5-17(24-15)22(31)26-18-14-28-13-16(6-7-21(29)30)25-20(28)12-19(18)27-10-8-23(2,32)9-11-27/h3-5,12-14,32H,6-11H2,1-2H3,(H,26,31)(H,29,30). The molecule has 1 fully saturated rings. The normalized spacial score (nSPS) is 15.7. The van der Waals surface area contributed by atoms with Crippen LogP contribution in [-0.4, -0.2) is 55.1 Å². The largest absolute Gasteiger partial charge is 0.481 e. The van der Waals surface area contributed by atoms with Crippen LogP contribution in [0.15, 0.2) is 36.7 Å². The van der Waals surface area contributed by atoms with Crippen LogP contribution < -0.4 is 10.2 Å². The number of pyridine rings is 2. The van der Waals surface area contributed by atoms with E-state index < -0.39 is 11.6 Å². The van der Waals surface area contributed by atoms with Gasteiger partial charge in [-0.15, -0.1) is 0 Å². The molecule has 9 nitrogen and oxygen atoms in total. The summed E-state index contributed by atoms with van der Waals surface area (Å²) < 4.78 is 1.79. The number of carboxylic acids is 1. The number of amides is 1. The van der Waals surface area contributed by atoms with Gasteiger partial charge < -0.3 is 24.8 Å². The Morgan fingerprint density at radius 1 is 1.19 bits per heavy atom. The van der Waals surface area contributed by atoms with E-state index in [1.807, 2.05) is 26.0 Å². The molecule has 1 saturated heterocycles. The summed E-state index contributed by atoms with van der Waals surface area (Å²) in [6.45, 7) is 4.95. The maximum absolute atomic E-state index is 12.9. The zero-order valence-corrected chi connectivity index (χ0v) is 18.2. The molecule has 1 amide bonds. The van der Waals surface area contributed by atoms with Gasteiger partial charge in [-0.25, -0.2) is 9.97 Å². The second kappa shape index (κ2) is 8.58. The lowest BCUT2D eigenvalue weighted by Gasteiger charge is -2.37. The molecule has 3 aromatic heterocycles. The molecule has 0 bridgehead atoms. The molecule has 0 saturated carbocycles. The van der Waals surface area contributed by atoms with Crippen molar-refractivity contribution in [3.8, 4) is 0 Å². The number of aromatic nitrogens is 3. The van der Waals surface area contributed by atoms with Gasteiger partial charge in [-0.2, -0.15) is 0 Å². The Kier molecular flexibility index (Phi) is 5.84. The Morgan fingerprint density at radius 3 is 2.62 bits per heavy atom. The number of imidazole rings is 1. The van der Waals surface area contributed by atoms with E-state index in [2.05, 4.69) is 20.2 Å². The van der Waals surface area contributed by atoms with Gasteiger partial charge in [-0.05, 0) is 38.8 Å². The lowest BCUT2D eigenvalue weighted by atomic mass is 9.93. The summed E-state index contributed by atoms with van der Waals surface area (Å²) in [5.41, 5.74) is 3.13. The fourth-order valence-corrected chi connectivity index (χ4v) is 3.87. The number of carboxylic acid groups (broad SMARTS) is 1. The van der Waals surface area contributed by atoms with Crippen molar-refractivity contribution >= 4 is 28.9 Å². The van der Waals surface area contributed by atoms with E-state index >= 15 is 0 Å². The Hall–Kier alpha value is -3.46. The lowest BCUT2D eigenvalue weighted by Crippen LogP contribution is -2.42. The molecule has 168 valence electrons. The first-order chi connectivity index (χ1) is 15.2. The number of carbonyl (C=O) groups is 2. The number of piperidine rings is 1. The highest BCUT2D eigenvalue weighted by Gasteiger charge is 2.29. The van der Waals surface area contributed by atoms with E-state index in [-0.39, 0.29) is 12.3 Å². The molecule has 3 aromatic rings. The minimum atomic E-state index is -0.873. The van der Waals surface area contributed by atoms with Crippen LogP contribution in [0.5, 0.6) is 0 Å². The number of nitrogens with zero attached hydrogens (tertiary/aromatic N) is 4. The fourth-order valence-electron chi connectivity index (χ4n) is 3.87. The van der Waals surface area contributed by atoms with Crippen LogP contribution in [0.3, 0.4) is 0 Å². The first-order valence-corrected chi connectivity index (χ1v) is 10.7. The van der Waals surface area contributed by atoms with Crippen molar-refractivity contribution in [2.75, 3.05) is 23.3 Å². The first kappa shape index (κ1) is 21.8. The van der Waals surface area contributed by atoms with Crippen LogP contribution in [0.25, 0.3) is 5.65 Å². The maximum Gasteiger partial charge on any atom is 0.303 e. The Labute approximate surface area is 185 Å². The van der Waals surface area contributed by atoms with Crippen molar-refractivity contribution in [1.82, 2.24) is 14.4 Å². The van der Waals surface area contributed by atoms with Crippen LogP contribution in [0.4, 0.5) is 11.4 Å². The Balaban J connectivity index is 1.68. The van der Waals surface area contributed by atoms with Crippen molar-refractivity contribution in [2.24, 2.45) is 0 Å². The van der Waals surface area contributed by atoms with E-state index in [4.69, 9.17) is 5.11 Å². The predicted octanol–water partition coefficient (Wildman–Crippen LogP) is 2.66. The van der Waals surface area contributed by atoms with Gasteiger partial charge in [0.25, 0.3) is 5.91 Å². The number of hydrogen-bond donors (Lipinski definition) is 3. The summed E-state index contributed by atoms with van der Waals surface area (Å²) in [5, 5.41) is 22.3. The molecule has 0 aromatic carbocycles. The molecule has 3 N–H and O–H groups in total. The van der Waals surface area contributed by atoms with Crippen LogP contribution in [-0.2, 0) is 11.2 Å². The molecule has 0 unspecified atom stereocenters. The number of nitrogens with one attached hydrogen (secondary N) is 1. The summed E-state index contributed by atoms with van der Waals surface area (Å²) in [7, 11) is 0. The number of anilines is 2. The molecule has 1 aliphatic heterocycles. The molecular formula is C23H27N5O4. The monoisotopic (exact) mass is 437 g/mol. The molecule has 0 spiro atoms. The van der Waals surface area contributed by atoms with Crippen LogP contribution in [0, 0.1) is 6.92 Å². The van der Waals surface area contributed by atoms with Gasteiger partial charge in [-0.3, -0.25) is 9.59 Å². The highest BCUT2D eigenvalue weighted by Crippen LogP contribution is 2.33. The van der Waals surface area contributed by atoms with Crippen molar-refractivity contribution in [1.29, 1.82) is 0 Å². The summed E-state index contributed by atoms with van der Waals surface area (Å²) >= 11 is 0. The Morgan fingerprint density at radius 2 is 1.94 bits per heavy atom. The molecule has 9 heteroatoms. The van der Waals surface area contributed by atoms with Crippen molar-refractivity contribution < 1.29 is 19.8 Å². The molecular weight excluding hydrogens is 410 g/mol. The van der Waals surface area contributed by atoms with Gasteiger partial charge in [0, 0.05) is 43.7 Å². The lowest BCUT2D eigenvalue weighted by molar-refractivity contribution is -0.136. The number of rotatable bonds is 6. The van der Waals surface area contributed by atoms with E-state index in [9.17, 15) is 14.7 Å². The van der Waals surface area contributed by atoms with Crippen LogP contribution >= 0.6 is 0 Å². The van der Waals surface area contributed by atoms with Crippen LogP contribution in [0.1, 0.15) is 48.1 Å². The first-order valence-electron chi connectivity index (χ1n) is 10.7. The molecule has 0 radical (unpaired) electrons. The average molecular weight is 438 g/mol. The number of aryl methyl sites for hydroxylation is 2. The van der Waals surface area contributed by atoms with Gasteiger partial charge in [-0.1, -0.05) is 6.07 Å². The van der Waals surface area contributed by atoms with Gasteiger partial charge >= 0.3 is 5.97 Å². The number of carbonyl (C=O) groups excluding carboxylic acids is 1. The minimum absolute atomic E-state index is 0.000563. The molecule has 1 aliphatic rings. The highest BCUT2D eigenvalue weighted by molar-refractivity contribution is 6.04. The number of aliphatic carboxylic acids is 1. The zero-order valence-electron chi connectivity index (χ0n) is 18.2. The number of fused-ring (bicyclic) bond motifs is 1. The van der Waals surface area contributed by atoms with E-state index in [1.54, 1.807) is 28.9 Å². The molecule has 4 heterocycles. The SMILES string of the molecule is Cc1cccc(C(=O)Nc2cn3cc(CCC(=O)O)nc3cc2N2CCC(C)(O)CC2)n1. The number of aliphatic hydroxyl groups is 1. The molecule has 0 aliphatic carbocycles. The second-order valence-corrected chi connectivity index (χ2v) is 8.57. The third-order valence-corrected chi connectivity index (χ3v) is 5.77. The van der Waals surface area contributed by atoms with Gasteiger partial charge in [0.05, 0.1) is 29.1 Å². The second-order valence-electron chi connectivity index (χ2n) is 8.57. The average Bonchev–Trinajstić information content (AvgIpc) is 3.13. The smallest absolute Gasteiger partial charge is 0.303 e. The molecule has 32 heavy (non-hydrogen) atoms. The summed E-state index contributed by atoms with van der Waals surface area (Å²) in [6.07, 6.45) is 5.13. The maximum atomic E-state index is 12.9. The predicted molar refractivity (Wildman–Crippen MR) is 120 cm³/mol. The van der Waals surface area contributed by atoms with Crippen molar-refractivity contribution in [3.05, 3.63) is 53.7 Å². The third kappa shape index (κ3) is 4.88. The number of hydrogen-bond acceptors (Lipinski definition) is 6. The third-order valence-electron chi connectivity index (χ3n) is 5.77. The molecule has 0 atom stereocenters. The topological polar surface area (TPSA) is 120 Å². The van der Waals surface area contributed by atoms with Gasteiger partial charge in [0.2, 0.25) is 0 Å². The van der Waals surface area contributed by atoms with Crippen molar-refractivity contribution in [2.45, 2.75) is 45.1 Å². The van der Waals surface area contributed by atoms with Crippen LogP contribution in [0.2, 0.25) is 0 Å². The van der Waals surface area contributed by atoms with Gasteiger partial charge in [0.15, 0.2) is 0 Å². The quantitative estimate of drug-likeness (QED) is 0.542. The fraction of sp³-hybridized carbons (Fsp3) is 0.391.